The average molecular weight is 338 g/mol. The van der Waals surface area contributed by atoms with Gasteiger partial charge in [0, 0.05) is 11.1 Å². The van der Waals surface area contributed by atoms with Gasteiger partial charge < -0.3 is 8.94 Å². The lowest BCUT2D eigenvalue weighted by Gasteiger charge is -1.94. The van der Waals surface area contributed by atoms with Crippen molar-refractivity contribution in [3.63, 3.8) is 0 Å². The van der Waals surface area contributed by atoms with E-state index in [-0.39, 0.29) is 24.1 Å². The van der Waals surface area contributed by atoms with Gasteiger partial charge in [0.1, 0.15) is 12.4 Å². The molecule has 0 radical (unpaired) electrons. The van der Waals surface area contributed by atoms with Crippen molar-refractivity contribution in [3.05, 3.63) is 76.9 Å². The molecule has 0 aliphatic heterocycles. The fourth-order valence-electron chi connectivity index (χ4n) is 2.27. The van der Waals surface area contributed by atoms with Crippen LogP contribution in [0.2, 0.25) is 0 Å². The molecule has 0 N–H and O–H groups in total. The van der Waals surface area contributed by atoms with E-state index >= 15 is 0 Å². The summed E-state index contributed by atoms with van der Waals surface area (Å²) in [6, 6.07) is 14.8. The molecule has 2 heterocycles. The SMILES string of the molecule is O=c1oc(-c2ccc(F)cc2)nn1Cc1nc(-c2ccccc2)no1. The Labute approximate surface area is 140 Å². The Kier molecular flexibility index (Phi) is 3.70. The van der Waals surface area contributed by atoms with Gasteiger partial charge in [-0.1, -0.05) is 35.5 Å². The van der Waals surface area contributed by atoms with Crippen LogP contribution in [0.3, 0.4) is 0 Å². The maximum atomic E-state index is 13.0. The summed E-state index contributed by atoms with van der Waals surface area (Å²) in [7, 11) is 0. The smallest absolute Gasteiger partial charge is 0.388 e. The van der Waals surface area contributed by atoms with Crippen molar-refractivity contribution in [1.82, 2.24) is 19.9 Å². The molecule has 0 fully saturated rings. The van der Waals surface area contributed by atoms with Crippen molar-refractivity contribution in [1.29, 1.82) is 0 Å². The van der Waals surface area contributed by atoms with Crippen LogP contribution in [0.15, 0.2) is 68.3 Å². The molecule has 25 heavy (non-hydrogen) atoms. The van der Waals surface area contributed by atoms with E-state index in [0.29, 0.717) is 11.4 Å². The normalized spacial score (nSPS) is 10.9. The summed E-state index contributed by atoms with van der Waals surface area (Å²) in [5.74, 6) is -0.317. The minimum Gasteiger partial charge on any atom is -0.388 e. The van der Waals surface area contributed by atoms with E-state index in [1.807, 2.05) is 30.3 Å². The van der Waals surface area contributed by atoms with Gasteiger partial charge in [-0.3, -0.25) is 0 Å². The van der Waals surface area contributed by atoms with Gasteiger partial charge in [0.2, 0.25) is 17.6 Å². The van der Waals surface area contributed by atoms with Gasteiger partial charge in [-0.25, -0.2) is 9.18 Å². The van der Waals surface area contributed by atoms with Crippen molar-refractivity contribution < 1.29 is 13.3 Å². The van der Waals surface area contributed by atoms with Gasteiger partial charge >= 0.3 is 5.76 Å². The Bertz CT molecular complexity index is 1050. The Balaban J connectivity index is 1.59. The van der Waals surface area contributed by atoms with Crippen LogP contribution in [0.25, 0.3) is 22.8 Å². The second kappa shape index (κ2) is 6.16. The number of aromatic nitrogens is 4. The molecule has 0 bridgehead atoms. The molecule has 0 saturated heterocycles. The first-order chi connectivity index (χ1) is 12.2. The number of hydrogen-bond acceptors (Lipinski definition) is 6. The van der Waals surface area contributed by atoms with Gasteiger partial charge in [0.05, 0.1) is 0 Å². The van der Waals surface area contributed by atoms with Crippen LogP contribution in [0.5, 0.6) is 0 Å². The highest BCUT2D eigenvalue weighted by molar-refractivity contribution is 5.53. The fraction of sp³-hybridized carbons (Fsp3) is 0.0588. The van der Waals surface area contributed by atoms with Gasteiger partial charge in [0.25, 0.3) is 0 Å². The number of benzene rings is 2. The Morgan fingerprint density at radius 3 is 2.52 bits per heavy atom. The molecule has 2 aromatic carbocycles. The van der Waals surface area contributed by atoms with E-state index in [0.717, 1.165) is 10.2 Å². The maximum Gasteiger partial charge on any atom is 0.437 e. The first-order valence-corrected chi connectivity index (χ1v) is 7.41. The Morgan fingerprint density at radius 2 is 1.76 bits per heavy atom. The van der Waals surface area contributed by atoms with Crippen LogP contribution in [-0.4, -0.2) is 19.9 Å². The molecule has 0 aliphatic carbocycles. The molecule has 4 aromatic rings. The highest BCUT2D eigenvalue weighted by Crippen LogP contribution is 2.17. The molecule has 7 nitrogen and oxygen atoms in total. The quantitative estimate of drug-likeness (QED) is 0.569. The van der Waals surface area contributed by atoms with Crippen LogP contribution < -0.4 is 5.76 Å². The topological polar surface area (TPSA) is 87.0 Å². The molecular formula is C17H11FN4O3. The van der Waals surface area contributed by atoms with Gasteiger partial charge in [-0.2, -0.15) is 9.67 Å². The number of hydrogen-bond donors (Lipinski definition) is 0. The average Bonchev–Trinajstić information content (AvgIpc) is 3.24. The lowest BCUT2D eigenvalue weighted by molar-refractivity contribution is 0.360. The number of nitrogens with zero attached hydrogens (tertiary/aromatic N) is 4. The largest absolute Gasteiger partial charge is 0.437 e. The van der Waals surface area contributed by atoms with E-state index in [4.69, 9.17) is 8.94 Å². The van der Waals surface area contributed by atoms with Gasteiger partial charge in [-0.15, -0.1) is 5.10 Å². The summed E-state index contributed by atoms with van der Waals surface area (Å²) < 4.78 is 24.3. The monoisotopic (exact) mass is 338 g/mol. The molecule has 0 spiro atoms. The highest BCUT2D eigenvalue weighted by atomic mass is 19.1. The first kappa shape index (κ1) is 15.0. The molecule has 2 aromatic heterocycles. The standard InChI is InChI=1S/C17H11FN4O3/c18-13-8-6-12(7-9-13)16-20-22(17(23)24-16)10-14-19-15(21-25-14)11-4-2-1-3-5-11/h1-9H,10H2. The van der Waals surface area contributed by atoms with Crippen molar-refractivity contribution >= 4 is 0 Å². The molecule has 0 atom stereocenters. The van der Waals surface area contributed by atoms with Crippen LogP contribution in [0, 0.1) is 5.82 Å². The predicted molar refractivity (Wildman–Crippen MR) is 85.0 cm³/mol. The van der Waals surface area contributed by atoms with Crippen molar-refractivity contribution in [3.8, 4) is 22.8 Å². The lowest BCUT2D eigenvalue weighted by Crippen LogP contribution is -2.16. The molecule has 8 heteroatoms. The molecule has 0 aliphatic rings. The maximum absolute atomic E-state index is 13.0. The molecule has 0 saturated carbocycles. The van der Waals surface area contributed by atoms with Crippen LogP contribution >= 0.6 is 0 Å². The Hall–Kier alpha value is -3.55. The zero-order chi connectivity index (χ0) is 17.2. The second-order valence-electron chi connectivity index (χ2n) is 5.22. The summed E-state index contributed by atoms with van der Waals surface area (Å²) in [5, 5.41) is 7.96. The lowest BCUT2D eigenvalue weighted by atomic mass is 10.2. The predicted octanol–water partition coefficient (Wildman–Crippen LogP) is 2.74. The van der Waals surface area contributed by atoms with Gasteiger partial charge in [-0.05, 0) is 24.3 Å². The second-order valence-corrected chi connectivity index (χ2v) is 5.22. The van der Waals surface area contributed by atoms with Crippen molar-refractivity contribution in [2.45, 2.75) is 6.54 Å². The molecule has 0 amide bonds. The minimum atomic E-state index is -0.668. The molecule has 4 rings (SSSR count). The third-order valence-electron chi connectivity index (χ3n) is 3.48. The summed E-state index contributed by atoms with van der Waals surface area (Å²) in [6.07, 6.45) is 0. The summed E-state index contributed by atoms with van der Waals surface area (Å²) in [4.78, 5) is 16.2. The van der Waals surface area contributed by atoms with Crippen LogP contribution in [-0.2, 0) is 6.54 Å². The third-order valence-corrected chi connectivity index (χ3v) is 3.48. The zero-order valence-electron chi connectivity index (χ0n) is 12.8. The summed E-state index contributed by atoms with van der Waals surface area (Å²) >= 11 is 0. The molecular weight excluding hydrogens is 327 g/mol. The first-order valence-electron chi connectivity index (χ1n) is 7.41. The number of rotatable bonds is 4. The Morgan fingerprint density at radius 1 is 1.00 bits per heavy atom. The summed E-state index contributed by atoms with van der Waals surface area (Å²) in [6.45, 7) is -0.0244. The van der Waals surface area contributed by atoms with Crippen molar-refractivity contribution in [2.24, 2.45) is 0 Å². The fourth-order valence-corrected chi connectivity index (χ4v) is 2.27. The van der Waals surface area contributed by atoms with E-state index < -0.39 is 5.76 Å². The van der Waals surface area contributed by atoms with Crippen LogP contribution in [0.4, 0.5) is 4.39 Å². The number of halogens is 1. The van der Waals surface area contributed by atoms with Crippen molar-refractivity contribution in [2.75, 3.05) is 0 Å². The highest BCUT2D eigenvalue weighted by Gasteiger charge is 2.14. The van der Waals surface area contributed by atoms with E-state index in [1.54, 1.807) is 0 Å². The molecule has 0 unspecified atom stereocenters. The van der Waals surface area contributed by atoms with E-state index in [1.165, 1.54) is 24.3 Å². The zero-order valence-corrected chi connectivity index (χ0v) is 12.8. The summed E-state index contributed by atoms with van der Waals surface area (Å²) in [5.41, 5.74) is 1.30. The minimum absolute atomic E-state index is 0.0244. The van der Waals surface area contributed by atoms with Gasteiger partial charge in [0.15, 0.2) is 0 Å². The van der Waals surface area contributed by atoms with E-state index in [9.17, 15) is 9.18 Å². The van der Waals surface area contributed by atoms with E-state index in [2.05, 4.69) is 15.2 Å². The third kappa shape index (κ3) is 3.09. The molecule has 124 valence electrons. The van der Waals surface area contributed by atoms with Crippen LogP contribution in [0.1, 0.15) is 5.89 Å².